The second-order valence-corrected chi connectivity index (χ2v) is 19.3. The number of hydrogen-bond acceptors (Lipinski definition) is 6. The van der Waals surface area contributed by atoms with Crippen LogP contribution in [0.25, 0.3) is 0 Å². The van der Waals surface area contributed by atoms with Crippen molar-refractivity contribution in [1.29, 1.82) is 0 Å². The summed E-state index contributed by atoms with van der Waals surface area (Å²) in [6.45, 7) is 6.47. The largest absolute Gasteiger partial charge is 0.462 e. The molecular weight excluding hydrogens is 841 g/mol. The minimum absolute atomic E-state index is 0.0867. The van der Waals surface area contributed by atoms with Crippen LogP contribution in [0.4, 0.5) is 0 Å². The van der Waals surface area contributed by atoms with Gasteiger partial charge in [0, 0.05) is 19.3 Å². The van der Waals surface area contributed by atoms with E-state index in [0.29, 0.717) is 19.3 Å². The van der Waals surface area contributed by atoms with E-state index in [4.69, 9.17) is 14.2 Å². The average molecular weight is 950 g/mol. The van der Waals surface area contributed by atoms with Crippen LogP contribution in [0.3, 0.4) is 0 Å². The van der Waals surface area contributed by atoms with Crippen molar-refractivity contribution < 1.29 is 28.6 Å². The van der Waals surface area contributed by atoms with Crippen molar-refractivity contribution in [2.24, 2.45) is 0 Å². The monoisotopic (exact) mass is 949 g/mol. The quantitative estimate of drug-likeness (QED) is 0.0199. The zero-order chi connectivity index (χ0) is 49.3. The van der Waals surface area contributed by atoms with E-state index in [1.807, 2.05) is 0 Å². The molecule has 0 rings (SSSR count). The minimum atomic E-state index is -0.790. The Labute approximate surface area is 421 Å². The average Bonchev–Trinajstić information content (AvgIpc) is 3.34. The van der Waals surface area contributed by atoms with Gasteiger partial charge in [-0.25, -0.2) is 0 Å². The fourth-order valence-electron chi connectivity index (χ4n) is 8.13. The van der Waals surface area contributed by atoms with E-state index in [9.17, 15) is 14.4 Å². The van der Waals surface area contributed by atoms with Crippen LogP contribution in [0, 0.1) is 0 Å². The second kappa shape index (κ2) is 56.4. The number of carbonyl (C=O) groups excluding carboxylic acids is 3. The van der Waals surface area contributed by atoms with Crippen molar-refractivity contribution in [1.82, 2.24) is 0 Å². The number of ether oxygens (including phenoxy) is 3. The van der Waals surface area contributed by atoms with Gasteiger partial charge in [-0.2, -0.15) is 0 Å². The Morgan fingerprint density at radius 2 is 0.588 bits per heavy atom. The molecule has 6 heteroatoms. The molecule has 0 bridgehead atoms. The highest BCUT2D eigenvalue weighted by atomic mass is 16.6. The van der Waals surface area contributed by atoms with Crippen LogP contribution in [0.1, 0.15) is 284 Å². The zero-order valence-electron chi connectivity index (χ0n) is 44.9. The summed E-state index contributed by atoms with van der Waals surface area (Å²) in [6, 6.07) is 0. The highest BCUT2D eigenvalue weighted by Crippen LogP contribution is 2.15. The molecule has 0 amide bonds. The summed E-state index contributed by atoms with van der Waals surface area (Å²) in [7, 11) is 0. The van der Waals surface area contributed by atoms with Crippen molar-refractivity contribution >= 4 is 17.9 Å². The van der Waals surface area contributed by atoms with E-state index in [1.54, 1.807) is 0 Å². The van der Waals surface area contributed by atoms with Crippen LogP contribution >= 0.6 is 0 Å². The predicted octanol–water partition coefficient (Wildman–Crippen LogP) is 19.4. The number of allylic oxidation sites excluding steroid dienone is 12. The normalized spacial score (nSPS) is 12.6. The minimum Gasteiger partial charge on any atom is -0.462 e. The molecule has 1 unspecified atom stereocenters. The van der Waals surface area contributed by atoms with Crippen LogP contribution in [0.2, 0.25) is 0 Å². The van der Waals surface area contributed by atoms with E-state index in [-0.39, 0.29) is 31.1 Å². The summed E-state index contributed by atoms with van der Waals surface area (Å²) >= 11 is 0. The summed E-state index contributed by atoms with van der Waals surface area (Å²) in [5.41, 5.74) is 0. The van der Waals surface area contributed by atoms with Gasteiger partial charge in [0.2, 0.25) is 0 Å². The van der Waals surface area contributed by atoms with Crippen molar-refractivity contribution in [3.63, 3.8) is 0 Å². The third kappa shape index (κ3) is 53.8. The number of carbonyl (C=O) groups is 3. The lowest BCUT2D eigenvalue weighted by molar-refractivity contribution is -0.167. The van der Waals surface area contributed by atoms with Crippen LogP contribution < -0.4 is 0 Å². The second-order valence-electron chi connectivity index (χ2n) is 19.3. The van der Waals surface area contributed by atoms with Gasteiger partial charge in [0.1, 0.15) is 13.2 Å². The van der Waals surface area contributed by atoms with Gasteiger partial charge in [0.25, 0.3) is 0 Å². The summed E-state index contributed by atoms with van der Waals surface area (Å²) < 4.78 is 16.8. The first-order chi connectivity index (χ1) is 33.5. The molecule has 0 aliphatic carbocycles. The van der Waals surface area contributed by atoms with E-state index in [1.165, 1.54) is 148 Å². The van der Waals surface area contributed by atoms with E-state index in [2.05, 4.69) is 93.7 Å². The van der Waals surface area contributed by atoms with Gasteiger partial charge in [0.05, 0.1) is 0 Å². The lowest BCUT2D eigenvalue weighted by Crippen LogP contribution is -2.30. The Morgan fingerprint density at radius 1 is 0.309 bits per heavy atom. The van der Waals surface area contributed by atoms with Gasteiger partial charge in [-0.3, -0.25) is 14.4 Å². The molecule has 0 aliphatic heterocycles. The first kappa shape index (κ1) is 64.8. The number of esters is 3. The Kier molecular flexibility index (Phi) is 53.8. The van der Waals surface area contributed by atoms with Crippen LogP contribution in [0.5, 0.6) is 0 Å². The van der Waals surface area contributed by atoms with Gasteiger partial charge >= 0.3 is 17.9 Å². The molecule has 68 heavy (non-hydrogen) atoms. The molecule has 0 saturated heterocycles. The SMILES string of the molecule is CC/C=C/C=C/C=C/CCCCCCCC(=O)OCC(COC(=O)CCCCCCCCCCCC/C=C/C=C/CCCCC)OC(=O)CCCCCCC/C=C/CCCCCCCCCCC. The molecule has 0 aromatic rings. The van der Waals surface area contributed by atoms with Crippen molar-refractivity contribution in [3.05, 3.63) is 72.9 Å². The first-order valence-electron chi connectivity index (χ1n) is 29.0. The van der Waals surface area contributed by atoms with Crippen LogP contribution in [-0.4, -0.2) is 37.2 Å². The standard InChI is InChI=1S/C62H108O6/c1-4-7-10-13-16-19-22-25-27-29-31-33-34-37-40-43-46-49-52-55-61(64)67-58-59(57-66-60(63)54-51-48-45-42-39-36-24-21-18-15-12-9-6-3)68-62(65)56-53-50-47-44-41-38-35-32-30-28-26-23-20-17-14-11-8-5-2/h9,12,15-16,18-19,21-22,24-25,32,35,59H,4-8,10-11,13-14,17,20,23,26-31,33-34,36-58H2,1-3H3/b12-9+,18-15+,19-16+,24-21+,25-22+,35-32+. The van der Waals surface area contributed by atoms with Crippen molar-refractivity contribution in [2.75, 3.05) is 13.2 Å². The molecule has 0 heterocycles. The molecule has 0 radical (unpaired) electrons. The Hall–Kier alpha value is -3.15. The summed E-state index contributed by atoms with van der Waals surface area (Å²) in [5.74, 6) is -0.911. The first-order valence-corrected chi connectivity index (χ1v) is 29.0. The predicted molar refractivity (Wildman–Crippen MR) is 293 cm³/mol. The highest BCUT2D eigenvalue weighted by Gasteiger charge is 2.19. The molecule has 0 fully saturated rings. The Bertz CT molecular complexity index is 1270. The maximum atomic E-state index is 12.9. The smallest absolute Gasteiger partial charge is 0.306 e. The van der Waals surface area contributed by atoms with Gasteiger partial charge in [-0.1, -0.05) is 248 Å². The van der Waals surface area contributed by atoms with Crippen molar-refractivity contribution in [3.8, 4) is 0 Å². The Morgan fingerprint density at radius 3 is 0.971 bits per heavy atom. The fourth-order valence-corrected chi connectivity index (χ4v) is 8.13. The van der Waals surface area contributed by atoms with E-state index >= 15 is 0 Å². The maximum Gasteiger partial charge on any atom is 0.306 e. The number of unbranched alkanes of at least 4 members (excludes halogenated alkanes) is 32. The molecule has 0 aromatic carbocycles. The molecule has 392 valence electrons. The fraction of sp³-hybridized carbons (Fsp3) is 0.758. The van der Waals surface area contributed by atoms with E-state index in [0.717, 1.165) is 96.3 Å². The van der Waals surface area contributed by atoms with Gasteiger partial charge < -0.3 is 14.2 Å². The van der Waals surface area contributed by atoms with Gasteiger partial charge in [-0.15, -0.1) is 0 Å². The zero-order valence-corrected chi connectivity index (χ0v) is 44.9. The summed E-state index contributed by atoms with van der Waals surface area (Å²) in [6.07, 6.45) is 71.8. The number of hydrogen-bond donors (Lipinski definition) is 0. The molecule has 0 N–H and O–H groups in total. The molecule has 0 aromatic heterocycles. The molecule has 0 saturated carbocycles. The summed E-state index contributed by atoms with van der Waals surface area (Å²) in [4.78, 5) is 38.1. The highest BCUT2D eigenvalue weighted by molar-refractivity contribution is 5.71. The molecule has 0 aliphatic rings. The van der Waals surface area contributed by atoms with Gasteiger partial charge in [-0.05, 0) is 89.9 Å². The van der Waals surface area contributed by atoms with Crippen LogP contribution in [0.15, 0.2) is 72.9 Å². The Balaban J connectivity index is 4.38. The van der Waals surface area contributed by atoms with Gasteiger partial charge in [0.15, 0.2) is 6.10 Å². The van der Waals surface area contributed by atoms with Crippen LogP contribution in [-0.2, 0) is 28.6 Å². The molecule has 0 spiro atoms. The molecular formula is C62H108O6. The maximum absolute atomic E-state index is 12.9. The molecule has 6 nitrogen and oxygen atoms in total. The number of rotatable bonds is 52. The third-order valence-corrected chi connectivity index (χ3v) is 12.5. The lowest BCUT2D eigenvalue weighted by atomic mass is 10.1. The van der Waals surface area contributed by atoms with Crippen molar-refractivity contribution in [2.45, 2.75) is 290 Å². The lowest BCUT2D eigenvalue weighted by Gasteiger charge is -2.18. The molecule has 1 atom stereocenters. The van der Waals surface area contributed by atoms with E-state index < -0.39 is 6.10 Å². The topological polar surface area (TPSA) is 78.9 Å². The summed E-state index contributed by atoms with van der Waals surface area (Å²) in [5, 5.41) is 0. The third-order valence-electron chi connectivity index (χ3n) is 12.5.